The Labute approximate surface area is 101 Å². The fraction of sp³-hybridized carbons (Fsp3) is 0.333. The smallest absolute Gasteiger partial charge is 0.0911 e. The second-order valence-corrected chi connectivity index (χ2v) is 4.44. The maximum Gasteiger partial charge on any atom is 0.0911 e. The van der Waals surface area contributed by atoms with Crippen LogP contribution in [0.15, 0.2) is 16.6 Å². The van der Waals surface area contributed by atoms with Gasteiger partial charge < -0.3 is 5.32 Å². The number of anilines is 1. The third-order valence-electron chi connectivity index (χ3n) is 1.62. The van der Waals surface area contributed by atoms with Gasteiger partial charge in [0.2, 0.25) is 0 Å². The van der Waals surface area contributed by atoms with Crippen molar-refractivity contribution in [1.82, 2.24) is 0 Å². The lowest BCUT2D eigenvalue weighted by Crippen LogP contribution is -2.03. The van der Waals surface area contributed by atoms with Crippen molar-refractivity contribution in [2.45, 2.75) is 6.42 Å². The summed E-state index contributed by atoms with van der Waals surface area (Å²) < 4.78 is 12.7. The fourth-order valence-corrected chi connectivity index (χ4v) is 2.33. The van der Waals surface area contributed by atoms with E-state index in [1.54, 1.807) is 12.1 Å². The molecule has 78 valence electrons. The van der Waals surface area contributed by atoms with Gasteiger partial charge in [-0.25, -0.2) is 0 Å². The molecule has 0 aliphatic rings. The lowest BCUT2D eigenvalue weighted by atomic mass is 10.3. The third kappa shape index (κ3) is 3.30. The van der Waals surface area contributed by atoms with Gasteiger partial charge in [-0.1, -0.05) is 39.1 Å². The van der Waals surface area contributed by atoms with E-state index in [0.29, 0.717) is 28.7 Å². The van der Waals surface area contributed by atoms with E-state index >= 15 is 0 Å². The second kappa shape index (κ2) is 5.79. The van der Waals surface area contributed by atoms with E-state index in [0.717, 1.165) is 4.47 Å². The Balaban J connectivity index is 2.75. The van der Waals surface area contributed by atoms with Crippen LogP contribution in [0.5, 0.6) is 0 Å². The van der Waals surface area contributed by atoms with E-state index in [1.807, 2.05) is 0 Å². The Bertz CT molecular complexity index is 297. The molecule has 1 aromatic carbocycles. The highest BCUT2D eigenvalue weighted by Gasteiger charge is 2.06. The third-order valence-corrected chi connectivity index (χ3v) is 2.67. The highest BCUT2D eigenvalue weighted by atomic mass is 79.9. The summed E-state index contributed by atoms with van der Waals surface area (Å²) in [7, 11) is 0. The molecule has 0 saturated carbocycles. The maximum atomic E-state index is 11.8. The Morgan fingerprint density at radius 1 is 1.29 bits per heavy atom. The minimum Gasteiger partial charge on any atom is -0.383 e. The Morgan fingerprint density at radius 2 is 1.86 bits per heavy atom. The molecule has 0 spiro atoms. The summed E-state index contributed by atoms with van der Waals surface area (Å²) >= 11 is 15.2. The van der Waals surface area contributed by atoms with Gasteiger partial charge >= 0.3 is 0 Å². The minimum absolute atomic E-state index is 0.348. The monoisotopic (exact) mass is 299 g/mol. The van der Waals surface area contributed by atoms with Crippen LogP contribution in [0.25, 0.3) is 0 Å². The Kier molecular flexibility index (Phi) is 4.99. The molecule has 0 unspecified atom stereocenters. The zero-order valence-electron chi connectivity index (χ0n) is 7.29. The van der Waals surface area contributed by atoms with Crippen LogP contribution in [0.2, 0.25) is 10.0 Å². The van der Waals surface area contributed by atoms with Crippen LogP contribution in [0.1, 0.15) is 6.42 Å². The van der Waals surface area contributed by atoms with Crippen molar-refractivity contribution in [3.05, 3.63) is 26.7 Å². The molecule has 0 aliphatic heterocycles. The van der Waals surface area contributed by atoms with E-state index < -0.39 is 0 Å². The van der Waals surface area contributed by atoms with Gasteiger partial charge in [-0.3, -0.25) is 4.39 Å². The molecule has 5 heteroatoms. The first-order valence-electron chi connectivity index (χ1n) is 4.09. The van der Waals surface area contributed by atoms with Gasteiger partial charge in [0, 0.05) is 11.0 Å². The van der Waals surface area contributed by atoms with Crippen LogP contribution in [0, 0.1) is 0 Å². The molecule has 1 rings (SSSR count). The van der Waals surface area contributed by atoms with Gasteiger partial charge in [0.05, 0.1) is 22.4 Å². The van der Waals surface area contributed by atoms with Gasteiger partial charge in [-0.05, 0) is 18.6 Å². The minimum atomic E-state index is -0.348. The van der Waals surface area contributed by atoms with Crippen molar-refractivity contribution in [3.8, 4) is 0 Å². The molecule has 1 aromatic rings. The van der Waals surface area contributed by atoms with Gasteiger partial charge in [0.25, 0.3) is 0 Å². The van der Waals surface area contributed by atoms with Gasteiger partial charge in [-0.15, -0.1) is 0 Å². The number of hydrogen-bond acceptors (Lipinski definition) is 1. The molecule has 0 bridgehead atoms. The number of benzene rings is 1. The quantitative estimate of drug-likeness (QED) is 0.806. The van der Waals surface area contributed by atoms with E-state index in [1.165, 1.54) is 0 Å². The molecule has 0 fully saturated rings. The zero-order chi connectivity index (χ0) is 10.6. The Hall–Kier alpha value is 0.01000. The highest BCUT2D eigenvalue weighted by Crippen LogP contribution is 2.33. The molecule has 0 aromatic heterocycles. The Morgan fingerprint density at radius 3 is 2.36 bits per heavy atom. The van der Waals surface area contributed by atoms with Gasteiger partial charge in [0.15, 0.2) is 0 Å². The predicted octanol–water partition coefficient (Wildman–Crippen LogP) is 4.53. The summed E-state index contributed by atoms with van der Waals surface area (Å²) in [5, 5.41) is 4.05. The summed E-state index contributed by atoms with van der Waals surface area (Å²) in [5.74, 6) is 0. The average molecular weight is 301 g/mol. The molecular weight excluding hydrogens is 292 g/mol. The first kappa shape index (κ1) is 12.1. The van der Waals surface area contributed by atoms with Crippen molar-refractivity contribution in [2.75, 3.05) is 18.5 Å². The van der Waals surface area contributed by atoms with Crippen LogP contribution in [0.4, 0.5) is 10.1 Å². The first-order chi connectivity index (χ1) is 6.65. The summed E-state index contributed by atoms with van der Waals surface area (Å²) in [6.45, 7) is 0.177. The lowest BCUT2D eigenvalue weighted by molar-refractivity contribution is 0.481. The van der Waals surface area contributed by atoms with Crippen molar-refractivity contribution in [2.24, 2.45) is 0 Å². The number of halogens is 4. The molecule has 1 nitrogen and oxygen atoms in total. The molecule has 1 N–H and O–H groups in total. The molecule has 0 heterocycles. The fourth-order valence-electron chi connectivity index (χ4n) is 0.991. The van der Waals surface area contributed by atoms with E-state index in [-0.39, 0.29) is 6.67 Å². The van der Waals surface area contributed by atoms with Crippen molar-refractivity contribution >= 4 is 44.8 Å². The van der Waals surface area contributed by atoms with Crippen LogP contribution in [-0.2, 0) is 0 Å². The standard InChI is InChI=1S/C9H9BrCl2FN/c10-6-4-7(11)9(8(12)5-6)14-3-1-2-13/h4-5,14H,1-3H2. The molecule has 0 atom stereocenters. The second-order valence-electron chi connectivity index (χ2n) is 2.71. The van der Waals surface area contributed by atoms with Crippen molar-refractivity contribution in [1.29, 1.82) is 0 Å². The molecule has 14 heavy (non-hydrogen) atoms. The highest BCUT2D eigenvalue weighted by molar-refractivity contribution is 9.10. The summed E-state index contributed by atoms with van der Waals surface area (Å²) in [4.78, 5) is 0. The average Bonchev–Trinajstić information content (AvgIpc) is 2.09. The van der Waals surface area contributed by atoms with Gasteiger partial charge in [-0.2, -0.15) is 0 Å². The lowest BCUT2D eigenvalue weighted by Gasteiger charge is -2.09. The molecule has 0 radical (unpaired) electrons. The summed E-state index contributed by atoms with van der Waals surface area (Å²) in [6, 6.07) is 3.48. The van der Waals surface area contributed by atoms with Crippen LogP contribution >= 0.6 is 39.1 Å². The van der Waals surface area contributed by atoms with Crippen LogP contribution in [-0.4, -0.2) is 13.2 Å². The number of rotatable bonds is 4. The van der Waals surface area contributed by atoms with E-state index in [9.17, 15) is 4.39 Å². The topological polar surface area (TPSA) is 12.0 Å². The largest absolute Gasteiger partial charge is 0.383 e. The van der Waals surface area contributed by atoms with E-state index in [4.69, 9.17) is 23.2 Å². The van der Waals surface area contributed by atoms with Crippen LogP contribution in [0.3, 0.4) is 0 Å². The zero-order valence-corrected chi connectivity index (χ0v) is 10.4. The van der Waals surface area contributed by atoms with Gasteiger partial charge in [0.1, 0.15) is 0 Å². The number of hydrogen-bond donors (Lipinski definition) is 1. The van der Waals surface area contributed by atoms with E-state index in [2.05, 4.69) is 21.2 Å². The number of nitrogens with one attached hydrogen (secondary N) is 1. The summed E-state index contributed by atoms with van der Waals surface area (Å²) in [5.41, 5.74) is 0.657. The molecular formula is C9H9BrCl2FN. The molecule has 0 amide bonds. The molecule has 0 aliphatic carbocycles. The van der Waals surface area contributed by atoms with Crippen molar-refractivity contribution in [3.63, 3.8) is 0 Å². The normalized spacial score (nSPS) is 10.3. The maximum absolute atomic E-state index is 11.8. The number of alkyl halides is 1. The summed E-state index contributed by atoms with van der Waals surface area (Å²) in [6.07, 6.45) is 0.447. The van der Waals surface area contributed by atoms with Crippen molar-refractivity contribution < 1.29 is 4.39 Å². The first-order valence-corrected chi connectivity index (χ1v) is 5.64. The SMILES string of the molecule is FCCCNc1c(Cl)cc(Br)cc1Cl. The molecule has 0 saturated heterocycles. The van der Waals surface area contributed by atoms with Crippen LogP contribution < -0.4 is 5.32 Å². The predicted molar refractivity (Wildman–Crippen MR) is 63.2 cm³/mol.